The van der Waals surface area contributed by atoms with Crippen LogP contribution in [0.1, 0.15) is 13.8 Å². The molecule has 1 rings (SSSR count). The fourth-order valence-corrected chi connectivity index (χ4v) is 1.86. The Balaban J connectivity index is 2.73. The van der Waals surface area contributed by atoms with Crippen molar-refractivity contribution in [3.05, 3.63) is 23.3 Å². The summed E-state index contributed by atoms with van der Waals surface area (Å²) >= 11 is 11.9. The second-order valence-electron chi connectivity index (χ2n) is 3.18. The van der Waals surface area contributed by atoms with Crippen molar-refractivity contribution >= 4 is 23.2 Å². The molecule has 0 radical (unpaired) electrons. The predicted octanol–water partition coefficient (Wildman–Crippen LogP) is 3.56. The zero-order chi connectivity index (χ0) is 8.43. The monoisotopic (exact) mass is 190 g/mol. The molecule has 0 fully saturated rings. The zero-order valence-electron chi connectivity index (χ0n) is 6.72. The predicted molar refractivity (Wildman–Crippen MR) is 51.0 cm³/mol. The first kappa shape index (κ1) is 9.15. The fraction of sp³-hybridized carbons (Fsp3) is 0.556. The third kappa shape index (κ3) is 2.25. The molecule has 2 unspecified atom stereocenters. The van der Waals surface area contributed by atoms with Crippen LogP contribution in [0.25, 0.3) is 0 Å². The van der Waals surface area contributed by atoms with Crippen LogP contribution in [0.5, 0.6) is 0 Å². The first-order valence-electron chi connectivity index (χ1n) is 3.81. The number of hydrogen-bond acceptors (Lipinski definition) is 0. The summed E-state index contributed by atoms with van der Waals surface area (Å²) in [5, 5.41) is 0.915. The van der Waals surface area contributed by atoms with E-state index >= 15 is 0 Å². The van der Waals surface area contributed by atoms with Crippen molar-refractivity contribution in [2.75, 3.05) is 0 Å². The topological polar surface area (TPSA) is 0 Å². The Labute approximate surface area is 77.9 Å². The number of hydrogen-bond donors (Lipinski definition) is 0. The highest BCUT2D eigenvalue weighted by Gasteiger charge is 2.20. The molecule has 1 aliphatic rings. The largest absolute Gasteiger partial charge is 0.118 e. The molecular formula is C9H12Cl2. The summed E-state index contributed by atoms with van der Waals surface area (Å²) in [6.45, 7) is 4.31. The minimum Gasteiger partial charge on any atom is -0.118 e. The van der Waals surface area contributed by atoms with Gasteiger partial charge in [0.15, 0.2) is 0 Å². The number of alkyl halides is 1. The average molecular weight is 191 g/mol. The Hall–Kier alpha value is 0.0600. The summed E-state index contributed by atoms with van der Waals surface area (Å²) in [5.74, 6) is 0.936. The van der Waals surface area contributed by atoms with Crippen LogP contribution in [0.3, 0.4) is 0 Å². The molecule has 0 aromatic carbocycles. The van der Waals surface area contributed by atoms with Gasteiger partial charge in [0.1, 0.15) is 0 Å². The van der Waals surface area contributed by atoms with Crippen LogP contribution in [0.15, 0.2) is 23.3 Å². The summed E-state index contributed by atoms with van der Waals surface area (Å²) in [7, 11) is 0. The summed E-state index contributed by atoms with van der Waals surface area (Å²) in [6, 6.07) is 0. The van der Waals surface area contributed by atoms with Crippen molar-refractivity contribution in [1.29, 1.82) is 0 Å². The molecule has 0 saturated carbocycles. The normalized spacial score (nSPS) is 30.8. The Morgan fingerprint density at radius 1 is 1.45 bits per heavy atom. The Morgan fingerprint density at radius 3 is 2.55 bits per heavy atom. The summed E-state index contributed by atoms with van der Waals surface area (Å²) in [5.41, 5.74) is 0. The molecule has 2 heteroatoms. The average Bonchev–Trinajstić information content (AvgIpc) is 1.94. The standard InChI is InChI=1S/C9H12Cl2/c1-6(2)8-5-7(10)3-4-9(8)11/h3-6,8-9H,1-2H3. The van der Waals surface area contributed by atoms with Gasteiger partial charge < -0.3 is 0 Å². The van der Waals surface area contributed by atoms with Crippen molar-refractivity contribution in [3.63, 3.8) is 0 Å². The van der Waals surface area contributed by atoms with E-state index < -0.39 is 0 Å². The molecule has 0 aliphatic heterocycles. The molecule has 0 N–H and O–H groups in total. The van der Waals surface area contributed by atoms with Gasteiger partial charge in [0.25, 0.3) is 0 Å². The van der Waals surface area contributed by atoms with E-state index in [-0.39, 0.29) is 5.38 Å². The van der Waals surface area contributed by atoms with Gasteiger partial charge in [0.2, 0.25) is 0 Å². The molecule has 0 amide bonds. The smallest absolute Gasteiger partial charge is 0.0585 e. The molecule has 0 saturated heterocycles. The zero-order valence-corrected chi connectivity index (χ0v) is 8.23. The molecule has 1 aliphatic carbocycles. The maximum atomic E-state index is 6.05. The van der Waals surface area contributed by atoms with Gasteiger partial charge in [-0.15, -0.1) is 11.6 Å². The lowest BCUT2D eigenvalue weighted by Gasteiger charge is -2.23. The lowest BCUT2D eigenvalue weighted by Crippen LogP contribution is -2.18. The second-order valence-corrected chi connectivity index (χ2v) is 4.12. The first-order valence-corrected chi connectivity index (χ1v) is 4.62. The van der Waals surface area contributed by atoms with E-state index in [2.05, 4.69) is 13.8 Å². The van der Waals surface area contributed by atoms with Gasteiger partial charge in [-0.1, -0.05) is 37.6 Å². The number of rotatable bonds is 1. The van der Waals surface area contributed by atoms with Crippen molar-refractivity contribution < 1.29 is 0 Å². The van der Waals surface area contributed by atoms with Gasteiger partial charge in [-0.3, -0.25) is 0 Å². The minimum atomic E-state index is 0.109. The summed E-state index contributed by atoms with van der Waals surface area (Å²) in [4.78, 5) is 0. The molecule has 0 bridgehead atoms. The Kier molecular flexibility index (Phi) is 3.03. The highest BCUT2D eigenvalue weighted by Crippen LogP contribution is 2.29. The third-order valence-corrected chi connectivity index (χ3v) is 2.62. The second kappa shape index (κ2) is 3.64. The number of allylic oxidation sites excluding steroid dienone is 4. The van der Waals surface area contributed by atoms with E-state index in [0.717, 1.165) is 5.03 Å². The van der Waals surface area contributed by atoms with Crippen LogP contribution < -0.4 is 0 Å². The van der Waals surface area contributed by atoms with Gasteiger partial charge in [-0.05, 0) is 12.0 Å². The molecule has 0 heterocycles. The number of halogens is 2. The molecule has 2 atom stereocenters. The van der Waals surface area contributed by atoms with E-state index in [1.165, 1.54) is 0 Å². The quantitative estimate of drug-likeness (QED) is 0.556. The van der Waals surface area contributed by atoms with Gasteiger partial charge >= 0.3 is 0 Å². The maximum Gasteiger partial charge on any atom is 0.0585 e. The Bertz CT molecular complexity index is 192. The Morgan fingerprint density at radius 2 is 2.09 bits per heavy atom. The molecule has 0 spiro atoms. The molecule has 62 valence electrons. The lowest BCUT2D eigenvalue weighted by molar-refractivity contribution is 0.472. The van der Waals surface area contributed by atoms with Crippen LogP contribution in [-0.2, 0) is 0 Å². The van der Waals surface area contributed by atoms with E-state index in [1.807, 2.05) is 18.2 Å². The van der Waals surface area contributed by atoms with Crippen molar-refractivity contribution in [2.24, 2.45) is 11.8 Å². The van der Waals surface area contributed by atoms with Crippen molar-refractivity contribution in [2.45, 2.75) is 19.2 Å². The highest BCUT2D eigenvalue weighted by molar-refractivity contribution is 6.31. The van der Waals surface area contributed by atoms with Crippen LogP contribution in [0.2, 0.25) is 0 Å². The molecule has 0 aromatic rings. The molecule has 11 heavy (non-hydrogen) atoms. The fourth-order valence-electron chi connectivity index (χ4n) is 1.20. The molecular weight excluding hydrogens is 179 g/mol. The molecule has 0 nitrogen and oxygen atoms in total. The van der Waals surface area contributed by atoms with Crippen molar-refractivity contribution in [3.8, 4) is 0 Å². The van der Waals surface area contributed by atoms with Gasteiger partial charge in [-0.2, -0.15) is 0 Å². The van der Waals surface area contributed by atoms with E-state index in [9.17, 15) is 0 Å². The summed E-state index contributed by atoms with van der Waals surface area (Å²) < 4.78 is 0. The third-order valence-electron chi connectivity index (χ3n) is 1.93. The van der Waals surface area contributed by atoms with Gasteiger partial charge in [-0.25, -0.2) is 0 Å². The lowest BCUT2D eigenvalue weighted by atomic mass is 9.89. The highest BCUT2D eigenvalue weighted by atomic mass is 35.5. The summed E-state index contributed by atoms with van der Waals surface area (Å²) in [6.07, 6.45) is 5.84. The van der Waals surface area contributed by atoms with Crippen LogP contribution in [0.4, 0.5) is 0 Å². The minimum absolute atomic E-state index is 0.109. The van der Waals surface area contributed by atoms with Crippen LogP contribution >= 0.6 is 23.2 Å². The first-order chi connectivity index (χ1) is 5.11. The van der Waals surface area contributed by atoms with Crippen molar-refractivity contribution in [1.82, 2.24) is 0 Å². The van der Waals surface area contributed by atoms with E-state index in [0.29, 0.717) is 11.8 Å². The van der Waals surface area contributed by atoms with E-state index in [1.54, 1.807) is 0 Å². The van der Waals surface area contributed by atoms with Crippen LogP contribution in [0, 0.1) is 11.8 Å². The maximum absolute atomic E-state index is 6.05. The van der Waals surface area contributed by atoms with Gasteiger partial charge in [0, 0.05) is 11.0 Å². The SMILES string of the molecule is CC(C)C1C=C(Cl)C=CC1Cl. The van der Waals surface area contributed by atoms with Gasteiger partial charge in [0.05, 0.1) is 5.38 Å². The van der Waals surface area contributed by atoms with E-state index in [4.69, 9.17) is 23.2 Å². The molecule has 0 aromatic heterocycles. The van der Waals surface area contributed by atoms with Crippen LogP contribution in [-0.4, -0.2) is 5.38 Å².